The number of carboxylic acid groups (broad SMARTS) is 1. The zero-order valence-electron chi connectivity index (χ0n) is 15.3. The lowest BCUT2D eigenvalue weighted by Gasteiger charge is -2.27. The molecule has 0 radical (unpaired) electrons. The molecule has 3 atom stereocenters. The summed E-state index contributed by atoms with van der Waals surface area (Å²) in [6.07, 6.45) is 4.81. The average molecular weight is 360 g/mol. The minimum Gasteiger partial charge on any atom is -0.478 e. The van der Waals surface area contributed by atoms with Gasteiger partial charge in [-0.3, -0.25) is 0 Å². The van der Waals surface area contributed by atoms with E-state index in [1.807, 2.05) is 13.0 Å². The lowest BCUT2D eigenvalue weighted by Crippen LogP contribution is -2.34. The third kappa shape index (κ3) is 4.31. The molecular formula is C20H24O6. The molecule has 1 heterocycles. The maximum atomic E-state index is 12.3. The van der Waals surface area contributed by atoms with Crippen LogP contribution in [0.4, 0.5) is 0 Å². The number of carbonyl (C=O) groups is 3. The minimum atomic E-state index is -1.07. The SMILES string of the molecule is C=C1C(=O)O[C@@H]2/C=C(/C)CC/C=C(/C(=O)O)C[C@@H](OC(=O)/C(C)=C/C)[C@@H]12. The smallest absolute Gasteiger partial charge is 0.334 e. The van der Waals surface area contributed by atoms with Crippen LogP contribution in [0.5, 0.6) is 0 Å². The van der Waals surface area contributed by atoms with E-state index in [0.717, 1.165) is 5.57 Å². The maximum absolute atomic E-state index is 12.3. The van der Waals surface area contributed by atoms with Gasteiger partial charge in [0.1, 0.15) is 12.2 Å². The van der Waals surface area contributed by atoms with Crippen molar-refractivity contribution in [3.8, 4) is 0 Å². The van der Waals surface area contributed by atoms with Crippen molar-refractivity contribution in [1.82, 2.24) is 0 Å². The molecule has 1 N–H and O–H groups in total. The van der Waals surface area contributed by atoms with E-state index < -0.39 is 36.0 Å². The molecule has 2 aliphatic rings. The molecule has 1 fully saturated rings. The van der Waals surface area contributed by atoms with Crippen LogP contribution >= 0.6 is 0 Å². The predicted molar refractivity (Wildman–Crippen MR) is 95.1 cm³/mol. The highest BCUT2D eigenvalue weighted by atomic mass is 16.6. The molecule has 0 unspecified atom stereocenters. The third-order valence-corrected chi connectivity index (χ3v) is 4.75. The second-order valence-electron chi connectivity index (χ2n) is 6.63. The molecule has 0 aromatic heterocycles. The quantitative estimate of drug-likeness (QED) is 0.472. The molecular weight excluding hydrogens is 336 g/mol. The highest BCUT2D eigenvalue weighted by molar-refractivity contribution is 5.92. The summed E-state index contributed by atoms with van der Waals surface area (Å²) in [6.45, 7) is 9.01. The number of hydrogen-bond donors (Lipinski definition) is 1. The largest absolute Gasteiger partial charge is 0.478 e. The number of rotatable bonds is 3. The Bertz CT molecular complexity index is 725. The van der Waals surface area contributed by atoms with Crippen molar-refractivity contribution >= 4 is 17.9 Å². The monoisotopic (exact) mass is 360 g/mol. The number of carbonyl (C=O) groups excluding carboxylic acids is 2. The number of carboxylic acids is 1. The van der Waals surface area contributed by atoms with Crippen molar-refractivity contribution < 1.29 is 29.0 Å². The summed E-state index contributed by atoms with van der Waals surface area (Å²) in [5.41, 5.74) is 1.73. The number of fused-ring (bicyclic) bond motifs is 1. The molecule has 26 heavy (non-hydrogen) atoms. The van der Waals surface area contributed by atoms with Gasteiger partial charge in [-0.25, -0.2) is 14.4 Å². The first-order valence-electron chi connectivity index (χ1n) is 8.57. The van der Waals surface area contributed by atoms with Crippen LogP contribution in [0.25, 0.3) is 0 Å². The second-order valence-corrected chi connectivity index (χ2v) is 6.63. The summed E-state index contributed by atoms with van der Waals surface area (Å²) >= 11 is 0. The summed E-state index contributed by atoms with van der Waals surface area (Å²) in [7, 11) is 0. The van der Waals surface area contributed by atoms with Gasteiger partial charge in [-0.2, -0.15) is 0 Å². The Morgan fingerprint density at radius 2 is 2.12 bits per heavy atom. The fraction of sp³-hybridized carbons (Fsp3) is 0.450. The summed E-state index contributed by atoms with van der Waals surface area (Å²) < 4.78 is 11.0. The van der Waals surface area contributed by atoms with Gasteiger partial charge in [0.05, 0.1) is 5.92 Å². The normalized spacial score (nSPS) is 31.0. The molecule has 140 valence electrons. The fourth-order valence-electron chi connectivity index (χ4n) is 3.08. The van der Waals surface area contributed by atoms with Crippen molar-refractivity contribution in [3.63, 3.8) is 0 Å². The van der Waals surface area contributed by atoms with Crippen LogP contribution in [0, 0.1) is 5.92 Å². The van der Waals surface area contributed by atoms with E-state index in [1.165, 1.54) is 0 Å². The van der Waals surface area contributed by atoms with Crippen LogP contribution in [-0.4, -0.2) is 35.2 Å². The number of ether oxygens (including phenoxy) is 2. The van der Waals surface area contributed by atoms with Gasteiger partial charge in [0.25, 0.3) is 0 Å². The van der Waals surface area contributed by atoms with E-state index in [2.05, 4.69) is 6.58 Å². The summed E-state index contributed by atoms with van der Waals surface area (Å²) in [6, 6.07) is 0. The zero-order valence-corrected chi connectivity index (χ0v) is 15.3. The Kier molecular flexibility index (Phi) is 6.18. The molecule has 0 aromatic rings. The van der Waals surface area contributed by atoms with Crippen molar-refractivity contribution in [3.05, 3.63) is 47.1 Å². The molecule has 2 rings (SSSR count). The van der Waals surface area contributed by atoms with Crippen LogP contribution in [0.1, 0.15) is 40.0 Å². The first-order chi connectivity index (χ1) is 12.2. The Hall–Kier alpha value is -2.63. The molecule has 6 heteroatoms. The minimum absolute atomic E-state index is 0.0121. The number of hydrogen-bond acceptors (Lipinski definition) is 5. The Morgan fingerprint density at radius 3 is 2.73 bits per heavy atom. The molecule has 0 aromatic carbocycles. The Balaban J connectivity index is 2.46. The third-order valence-electron chi connectivity index (χ3n) is 4.75. The molecule has 0 saturated carbocycles. The summed E-state index contributed by atoms with van der Waals surface area (Å²) in [5, 5.41) is 9.49. The highest BCUT2D eigenvalue weighted by Crippen LogP contribution is 2.36. The molecule has 1 aliphatic carbocycles. The first kappa shape index (κ1) is 19.7. The van der Waals surface area contributed by atoms with E-state index in [1.54, 1.807) is 26.0 Å². The highest BCUT2D eigenvalue weighted by Gasteiger charge is 2.45. The first-order valence-corrected chi connectivity index (χ1v) is 8.57. The molecule has 1 aliphatic heterocycles. The van der Waals surface area contributed by atoms with Gasteiger partial charge >= 0.3 is 17.9 Å². The van der Waals surface area contributed by atoms with Gasteiger partial charge in [0.15, 0.2) is 0 Å². The van der Waals surface area contributed by atoms with E-state index in [4.69, 9.17) is 9.47 Å². The molecule has 0 amide bonds. The standard InChI is InChI=1S/C20H24O6/c1-5-12(3)19(23)25-16-10-14(18(21)22)8-6-7-11(2)9-15-17(16)13(4)20(24)26-15/h5,8-9,15-17H,4,6-7,10H2,1-3H3,(H,21,22)/b11-9-,12-5+,14-8+/t15-,16-,17+/m1/s1. The van der Waals surface area contributed by atoms with Crippen molar-refractivity contribution in [2.75, 3.05) is 0 Å². The van der Waals surface area contributed by atoms with Gasteiger partial charge in [-0.1, -0.05) is 24.3 Å². The van der Waals surface area contributed by atoms with Gasteiger partial charge in [-0.05, 0) is 39.7 Å². The fourth-order valence-corrected chi connectivity index (χ4v) is 3.08. The van der Waals surface area contributed by atoms with Crippen LogP contribution in [0.2, 0.25) is 0 Å². The van der Waals surface area contributed by atoms with Gasteiger partial charge in [0, 0.05) is 23.1 Å². The number of esters is 2. The van der Waals surface area contributed by atoms with Crippen molar-refractivity contribution in [2.24, 2.45) is 5.92 Å². The van der Waals surface area contributed by atoms with E-state index in [9.17, 15) is 19.5 Å². The molecule has 6 nitrogen and oxygen atoms in total. The Morgan fingerprint density at radius 1 is 1.42 bits per heavy atom. The van der Waals surface area contributed by atoms with Crippen LogP contribution in [0.15, 0.2) is 47.1 Å². The van der Waals surface area contributed by atoms with Crippen molar-refractivity contribution in [2.45, 2.75) is 52.2 Å². The molecule has 0 bridgehead atoms. The number of aliphatic carboxylic acids is 1. The Labute approximate surface area is 152 Å². The van der Waals surface area contributed by atoms with E-state index >= 15 is 0 Å². The molecule has 0 spiro atoms. The van der Waals surface area contributed by atoms with Crippen molar-refractivity contribution in [1.29, 1.82) is 0 Å². The lowest BCUT2D eigenvalue weighted by molar-refractivity contribution is -0.148. The van der Waals surface area contributed by atoms with E-state index in [-0.39, 0.29) is 17.6 Å². The van der Waals surface area contributed by atoms with Gasteiger partial charge in [0.2, 0.25) is 0 Å². The topological polar surface area (TPSA) is 89.9 Å². The van der Waals surface area contributed by atoms with Crippen LogP contribution in [0.3, 0.4) is 0 Å². The average Bonchev–Trinajstić information content (AvgIpc) is 2.85. The lowest BCUT2D eigenvalue weighted by atomic mass is 9.85. The van der Waals surface area contributed by atoms with Crippen LogP contribution < -0.4 is 0 Å². The van der Waals surface area contributed by atoms with Gasteiger partial charge in [-0.15, -0.1) is 0 Å². The number of allylic oxidation sites excluding steroid dienone is 3. The predicted octanol–water partition coefficient (Wildman–Crippen LogP) is 3.10. The van der Waals surface area contributed by atoms with Gasteiger partial charge < -0.3 is 14.6 Å². The second kappa shape index (κ2) is 8.17. The summed E-state index contributed by atoms with van der Waals surface area (Å²) in [5.74, 6) is -2.78. The molecule has 1 saturated heterocycles. The van der Waals surface area contributed by atoms with Crippen LogP contribution in [-0.2, 0) is 23.9 Å². The maximum Gasteiger partial charge on any atom is 0.334 e. The van der Waals surface area contributed by atoms with E-state index in [0.29, 0.717) is 18.4 Å². The summed E-state index contributed by atoms with van der Waals surface area (Å²) in [4.78, 5) is 35.9. The zero-order chi connectivity index (χ0) is 19.4.